The number of nitrogens with zero attached hydrogens (tertiary/aromatic N) is 2. The summed E-state index contributed by atoms with van der Waals surface area (Å²) < 4.78 is 20.0. The number of nitrogens with one attached hydrogen (secondary N) is 3. The number of H-pyrrole nitrogens is 1. The monoisotopic (exact) mass is 567 g/mol. The number of aromatic amines is 1. The number of benzene rings is 1. The molecular formula is C29H37N5O7. The molecule has 0 aliphatic carbocycles. The molecule has 12 nitrogen and oxygen atoms in total. The van der Waals surface area contributed by atoms with Crippen molar-refractivity contribution in [1.82, 2.24) is 20.3 Å². The first-order valence-electron chi connectivity index (χ1n) is 13.5. The summed E-state index contributed by atoms with van der Waals surface area (Å²) in [5.74, 6) is -0.0323. The molecule has 0 saturated carbocycles. The van der Waals surface area contributed by atoms with Gasteiger partial charge >= 0.3 is 12.3 Å². The molecule has 0 aliphatic rings. The van der Waals surface area contributed by atoms with Gasteiger partial charge < -0.3 is 34.6 Å². The molecule has 1 amide bonds. The lowest BCUT2D eigenvalue weighted by atomic mass is 10.0. The van der Waals surface area contributed by atoms with Crippen molar-refractivity contribution in [2.75, 3.05) is 31.7 Å². The summed E-state index contributed by atoms with van der Waals surface area (Å²) in [7, 11) is 0. The minimum Gasteiger partial charge on any atom is -0.435 e. The fourth-order valence-corrected chi connectivity index (χ4v) is 3.89. The maximum Gasteiger partial charge on any atom is 0.508 e. The van der Waals surface area contributed by atoms with E-state index in [0.29, 0.717) is 29.3 Å². The van der Waals surface area contributed by atoms with E-state index in [4.69, 9.17) is 18.9 Å². The van der Waals surface area contributed by atoms with E-state index in [0.717, 1.165) is 16.7 Å². The van der Waals surface area contributed by atoms with Crippen molar-refractivity contribution in [3.05, 3.63) is 65.1 Å². The van der Waals surface area contributed by atoms with Gasteiger partial charge in [-0.1, -0.05) is 36.8 Å². The van der Waals surface area contributed by atoms with Crippen LogP contribution in [0.1, 0.15) is 60.4 Å². The number of carbonyl (C=O) groups excluding carboxylic acids is 3. The molecule has 2 aromatic heterocycles. The van der Waals surface area contributed by atoms with E-state index < -0.39 is 18.4 Å². The van der Waals surface area contributed by atoms with Crippen LogP contribution in [0.25, 0.3) is 11.3 Å². The first kappa shape index (κ1) is 30.9. The Morgan fingerprint density at radius 3 is 2.32 bits per heavy atom. The molecule has 220 valence electrons. The Hall–Kier alpha value is -4.61. The third kappa shape index (κ3) is 9.23. The number of carbonyl (C=O) groups is 3. The molecule has 0 unspecified atom stereocenters. The topological polar surface area (TPSA) is 154 Å². The summed E-state index contributed by atoms with van der Waals surface area (Å²) in [5.41, 5.74) is 4.20. The molecule has 41 heavy (non-hydrogen) atoms. The first-order chi connectivity index (χ1) is 19.7. The quantitative estimate of drug-likeness (QED) is 0.238. The summed E-state index contributed by atoms with van der Waals surface area (Å²) in [4.78, 5) is 48.6. The average Bonchev–Trinajstić information content (AvgIpc) is 3.45. The summed E-state index contributed by atoms with van der Waals surface area (Å²) in [5, 5.41) is 6.11. The second-order valence-corrected chi connectivity index (χ2v) is 9.20. The molecule has 2 heterocycles. The van der Waals surface area contributed by atoms with E-state index in [9.17, 15) is 14.4 Å². The Labute approximate surface area is 239 Å². The van der Waals surface area contributed by atoms with Gasteiger partial charge in [0, 0.05) is 18.0 Å². The van der Waals surface area contributed by atoms with Gasteiger partial charge in [-0.3, -0.25) is 4.79 Å². The minimum absolute atomic E-state index is 0.0956. The zero-order chi connectivity index (χ0) is 29.8. The van der Waals surface area contributed by atoms with Gasteiger partial charge in [0.1, 0.15) is 18.9 Å². The lowest BCUT2D eigenvalue weighted by molar-refractivity contribution is 0.0502. The van der Waals surface area contributed by atoms with E-state index >= 15 is 0 Å². The highest BCUT2D eigenvalue weighted by Gasteiger charge is 2.21. The number of hydrogen-bond acceptors (Lipinski definition) is 10. The summed E-state index contributed by atoms with van der Waals surface area (Å²) in [6.07, 6.45) is 2.49. The van der Waals surface area contributed by atoms with Crippen LogP contribution in [0.15, 0.2) is 42.7 Å². The van der Waals surface area contributed by atoms with Crippen molar-refractivity contribution in [3.8, 4) is 11.3 Å². The molecule has 0 bridgehead atoms. The van der Waals surface area contributed by atoms with E-state index in [1.165, 1.54) is 0 Å². The maximum absolute atomic E-state index is 13.2. The Morgan fingerprint density at radius 1 is 0.951 bits per heavy atom. The van der Waals surface area contributed by atoms with Crippen LogP contribution < -0.4 is 10.6 Å². The standard InChI is InChI=1S/C29H37N5O7/c1-6-22(16-40-28(36)38-7-2)32-27-31-14-19(5)25(34-27)21-13-23(30-15-21)26(35)33-24(17-41-29(37)39-8-3)20-11-9-10-18(4)12-20/h9-15,22,24,30H,6-8,16-17H2,1-5H3,(H,33,35)(H,31,32,34)/t22-,24-/m1/s1. The largest absolute Gasteiger partial charge is 0.508 e. The van der Waals surface area contributed by atoms with Crippen LogP contribution in [0.4, 0.5) is 15.5 Å². The van der Waals surface area contributed by atoms with Crippen LogP contribution in [-0.2, 0) is 18.9 Å². The van der Waals surface area contributed by atoms with Crippen molar-refractivity contribution in [2.45, 2.75) is 53.1 Å². The van der Waals surface area contributed by atoms with Gasteiger partial charge in [0.2, 0.25) is 5.95 Å². The highest BCUT2D eigenvalue weighted by molar-refractivity contribution is 5.94. The molecule has 1 aromatic carbocycles. The molecule has 0 spiro atoms. The molecule has 0 aliphatic heterocycles. The van der Waals surface area contributed by atoms with Crippen molar-refractivity contribution >= 4 is 24.2 Å². The Bertz CT molecular complexity index is 1330. The lowest BCUT2D eigenvalue weighted by Gasteiger charge is -2.19. The number of ether oxygens (including phenoxy) is 4. The third-order valence-corrected chi connectivity index (χ3v) is 6.04. The van der Waals surface area contributed by atoms with E-state index in [2.05, 4.69) is 25.6 Å². The predicted molar refractivity (Wildman–Crippen MR) is 152 cm³/mol. The van der Waals surface area contributed by atoms with Gasteiger partial charge in [-0.25, -0.2) is 19.6 Å². The predicted octanol–water partition coefficient (Wildman–Crippen LogP) is 5.10. The maximum atomic E-state index is 13.2. The van der Waals surface area contributed by atoms with Crippen molar-refractivity contribution < 1.29 is 33.3 Å². The zero-order valence-electron chi connectivity index (χ0n) is 24.0. The SMILES string of the molecule is CCOC(=O)OC[C@@H](CC)Nc1ncc(C)c(-c2c[nH]c(C(=O)N[C@H](COC(=O)OCC)c3cccc(C)c3)c2)n1. The number of anilines is 1. The molecule has 0 saturated heterocycles. The minimum atomic E-state index is -0.803. The fraction of sp³-hybridized carbons (Fsp3) is 0.414. The van der Waals surface area contributed by atoms with E-state index in [1.54, 1.807) is 32.3 Å². The van der Waals surface area contributed by atoms with Crippen LogP contribution in [-0.4, -0.2) is 65.6 Å². The Morgan fingerprint density at radius 2 is 1.66 bits per heavy atom. The number of rotatable bonds is 13. The number of hydrogen-bond donors (Lipinski definition) is 3. The third-order valence-electron chi connectivity index (χ3n) is 6.04. The summed E-state index contributed by atoms with van der Waals surface area (Å²) in [6, 6.07) is 8.45. The average molecular weight is 568 g/mol. The van der Waals surface area contributed by atoms with Crippen LogP contribution in [0, 0.1) is 13.8 Å². The molecular weight excluding hydrogens is 530 g/mol. The van der Waals surface area contributed by atoms with Gasteiger partial charge in [0.25, 0.3) is 5.91 Å². The number of aromatic nitrogens is 3. The molecule has 3 rings (SSSR count). The van der Waals surface area contributed by atoms with Crippen molar-refractivity contribution in [2.24, 2.45) is 0 Å². The molecule has 0 fully saturated rings. The summed E-state index contributed by atoms with van der Waals surface area (Å²) in [6.45, 7) is 9.56. The van der Waals surface area contributed by atoms with Crippen LogP contribution >= 0.6 is 0 Å². The van der Waals surface area contributed by atoms with E-state index in [1.807, 2.05) is 45.0 Å². The van der Waals surface area contributed by atoms with Gasteiger partial charge in [-0.2, -0.15) is 0 Å². The van der Waals surface area contributed by atoms with E-state index in [-0.39, 0.29) is 38.4 Å². The van der Waals surface area contributed by atoms with Crippen molar-refractivity contribution in [1.29, 1.82) is 0 Å². The Kier molecular flexibility index (Phi) is 11.5. The smallest absolute Gasteiger partial charge is 0.435 e. The molecule has 3 aromatic rings. The lowest BCUT2D eigenvalue weighted by Crippen LogP contribution is -2.32. The second kappa shape index (κ2) is 15.2. The normalized spacial score (nSPS) is 12.1. The van der Waals surface area contributed by atoms with Gasteiger partial charge in [-0.05, 0) is 51.3 Å². The molecule has 2 atom stereocenters. The molecule has 12 heteroatoms. The van der Waals surface area contributed by atoms with Crippen LogP contribution in [0.5, 0.6) is 0 Å². The Balaban J connectivity index is 1.74. The molecule has 3 N–H and O–H groups in total. The molecule has 0 radical (unpaired) electrons. The van der Waals surface area contributed by atoms with Crippen LogP contribution in [0.3, 0.4) is 0 Å². The first-order valence-corrected chi connectivity index (χ1v) is 13.5. The zero-order valence-corrected chi connectivity index (χ0v) is 24.0. The highest BCUT2D eigenvalue weighted by atomic mass is 16.7. The number of aryl methyl sites for hydroxylation is 2. The summed E-state index contributed by atoms with van der Waals surface area (Å²) >= 11 is 0. The highest BCUT2D eigenvalue weighted by Crippen LogP contribution is 2.24. The van der Waals surface area contributed by atoms with Gasteiger partial charge in [0.05, 0.1) is 31.0 Å². The second-order valence-electron chi connectivity index (χ2n) is 9.20. The van der Waals surface area contributed by atoms with Gasteiger partial charge in [0.15, 0.2) is 0 Å². The fourth-order valence-electron chi connectivity index (χ4n) is 3.89. The van der Waals surface area contributed by atoms with Gasteiger partial charge in [-0.15, -0.1) is 0 Å². The van der Waals surface area contributed by atoms with Crippen molar-refractivity contribution in [3.63, 3.8) is 0 Å². The number of amides is 1. The van der Waals surface area contributed by atoms with Crippen LogP contribution in [0.2, 0.25) is 0 Å².